The maximum absolute atomic E-state index is 11.9. The topological polar surface area (TPSA) is 116 Å². The monoisotopic (exact) mass is 473 g/mol. The number of anilines is 1. The molecule has 3 N–H and O–H groups in total. The molecule has 10 heteroatoms. The van der Waals surface area contributed by atoms with E-state index in [1.165, 1.54) is 0 Å². The lowest BCUT2D eigenvalue weighted by atomic mass is 10.1. The first-order valence-electron chi connectivity index (χ1n) is 11.6. The van der Waals surface area contributed by atoms with E-state index in [9.17, 15) is 10.1 Å². The second-order valence-electron chi connectivity index (χ2n) is 8.76. The predicted molar refractivity (Wildman–Crippen MR) is 133 cm³/mol. The number of aromatic nitrogens is 1. The maximum Gasteiger partial charge on any atom is 0.411 e. The molecule has 2 aliphatic rings. The highest BCUT2D eigenvalue weighted by molar-refractivity contribution is 5.96. The van der Waals surface area contributed by atoms with E-state index >= 15 is 0 Å². The number of benzene rings is 2. The van der Waals surface area contributed by atoms with Crippen LogP contribution in [0, 0.1) is 11.3 Å². The summed E-state index contributed by atoms with van der Waals surface area (Å²) in [5.41, 5.74) is 9.82. The fraction of sp³-hybridized carbons (Fsp3) is 0.320. The lowest BCUT2D eigenvalue weighted by molar-refractivity contribution is 0.130. The van der Waals surface area contributed by atoms with E-state index in [-0.39, 0.29) is 6.10 Å². The van der Waals surface area contributed by atoms with Crippen molar-refractivity contribution < 1.29 is 14.3 Å². The number of hydrogen-bond acceptors (Lipinski definition) is 8. The number of carbonyl (C=O) groups is 1. The second-order valence-corrected chi connectivity index (χ2v) is 8.76. The molecule has 10 nitrogen and oxygen atoms in total. The second kappa shape index (κ2) is 9.56. The minimum absolute atomic E-state index is 0.196. The molecule has 0 bridgehead atoms. The van der Waals surface area contributed by atoms with Crippen LogP contribution < -0.4 is 21.0 Å². The first kappa shape index (κ1) is 22.6. The van der Waals surface area contributed by atoms with Crippen LogP contribution in [0.5, 0.6) is 5.75 Å². The average Bonchev–Trinajstić information content (AvgIpc) is 3.43. The Kier molecular flexibility index (Phi) is 6.16. The van der Waals surface area contributed by atoms with E-state index in [1.54, 1.807) is 25.3 Å². The molecule has 0 radical (unpaired) electrons. The van der Waals surface area contributed by atoms with Crippen molar-refractivity contribution in [1.29, 1.82) is 5.26 Å². The molecule has 1 aliphatic carbocycles. The largest absolute Gasteiger partial charge is 0.492 e. The number of nitrogens with one attached hydrogen (secondary N) is 3. The van der Waals surface area contributed by atoms with Crippen LogP contribution in [-0.4, -0.2) is 41.4 Å². The van der Waals surface area contributed by atoms with Crippen molar-refractivity contribution >= 4 is 29.0 Å². The molecule has 2 aromatic carbocycles. The minimum Gasteiger partial charge on any atom is -0.492 e. The molecule has 0 unspecified atom stereocenters. The fourth-order valence-electron chi connectivity index (χ4n) is 4.16. The Morgan fingerprint density at radius 2 is 2.06 bits per heavy atom. The zero-order chi connectivity index (χ0) is 24.4. The average molecular weight is 474 g/mol. The van der Waals surface area contributed by atoms with Crippen LogP contribution in [0.3, 0.4) is 0 Å². The van der Waals surface area contributed by atoms with E-state index in [0.29, 0.717) is 30.4 Å². The highest BCUT2D eigenvalue weighted by Crippen LogP contribution is 2.45. The zero-order valence-electron chi connectivity index (χ0n) is 19.6. The molecule has 180 valence electrons. The number of hydrogen-bond donors (Lipinski definition) is 3. The quantitative estimate of drug-likeness (QED) is 0.451. The molecule has 1 fully saturated rings. The SMILES string of the molecule is CC(C)OC(=O)Nc1ccc(-c2c(C#N)c3ccc(OCCN4NC=NN4)cc3n2C2CC2)cc1. The van der Waals surface area contributed by atoms with Gasteiger partial charge in [0.2, 0.25) is 0 Å². The van der Waals surface area contributed by atoms with Crippen LogP contribution in [0.15, 0.2) is 47.6 Å². The molecule has 3 aromatic rings. The molecular weight excluding hydrogens is 446 g/mol. The Labute approximate surface area is 203 Å². The zero-order valence-corrected chi connectivity index (χ0v) is 19.6. The third-order valence-electron chi connectivity index (χ3n) is 5.79. The molecule has 0 spiro atoms. The van der Waals surface area contributed by atoms with Crippen molar-refractivity contribution in [1.82, 2.24) is 20.6 Å². The Balaban J connectivity index is 1.43. The summed E-state index contributed by atoms with van der Waals surface area (Å²) in [6.07, 6.45) is 3.02. The van der Waals surface area contributed by atoms with Gasteiger partial charge < -0.3 is 14.0 Å². The van der Waals surface area contributed by atoms with Crippen molar-refractivity contribution in [3.8, 4) is 23.1 Å². The third kappa shape index (κ3) is 4.85. The van der Waals surface area contributed by atoms with Gasteiger partial charge in [-0.15, -0.1) is 5.12 Å². The molecule has 35 heavy (non-hydrogen) atoms. The number of ether oxygens (including phenoxy) is 2. The molecule has 2 heterocycles. The van der Waals surface area contributed by atoms with Crippen LogP contribution >= 0.6 is 0 Å². The van der Waals surface area contributed by atoms with Crippen molar-refractivity contribution in [2.75, 3.05) is 18.5 Å². The first-order valence-corrected chi connectivity index (χ1v) is 11.6. The highest BCUT2D eigenvalue weighted by Gasteiger charge is 2.30. The van der Waals surface area contributed by atoms with Crippen LogP contribution in [0.25, 0.3) is 22.2 Å². The van der Waals surface area contributed by atoms with Crippen LogP contribution in [0.2, 0.25) is 0 Å². The maximum atomic E-state index is 11.9. The summed E-state index contributed by atoms with van der Waals surface area (Å²) in [4.78, 5) is 11.9. The summed E-state index contributed by atoms with van der Waals surface area (Å²) in [5.74, 6) is 0.747. The Hall–Kier alpha value is -4.23. The smallest absolute Gasteiger partial charge is 0.411 e. The normalized spacial score (nSPS) is 15.0. The van der Waals surface area contributed by atoms with Gasteiger partial charge in [-0.05, 0) is 56.5 Å². The van der Waals surface area contributed by atoms with Gasteiger partial charge in [-0.3, -0.25) is 10.7 Å². The van der Waals surface area contributed by atoms with E-state index in [4.69, 9.17) is 9.47 Å². The lowest BCUT2D eigenvalue weighted by Crippen LogP contribution is -2.41. The number of rotatable bonds is 8. The minimum atomic E-state index is -0.492. The van der Waals surface area contributed by atoms with Crippen LogP contribution in [0.4, 0.5) is 10.5 Å². The van der Waals surface area contributed by atoms with Gasteiger partial charge in [-0.2, -0.15) is 10.4 Å². The van der Waals surface area contributed by atoms with Gasteiger partial charge >= 0.3 is 6.09 Å². The Morgan fingerprint density at radius 3 is 2.71 bits per heavy atom. The van der Waals surface area contributed by atoms with E-state index < -0.39 is 6.09 Å². The molecule has 0 atom stereocenters. The summed E-state index contributed by atoms with van der Waals surface area (Å²) >= 11 is 0. The third-order valence-corrected chi connectivity index (χ3v) is 5.79. The Morgan fingerprint density at radius 1 is 1.26 bits per heavy atom. The van der Waals surface area contributed by atoms with Crippen molar-refractivity contribution in [2.24, 2.45) is 5.10 Å². The van der Waals surface area contributed by atoms with Gasteiger partial charge in [-0.1, -0.05) is 12.1 Å². The number of hydrazone groups is 1. The number of fused-ring (bicyclic) bond motifs is 1. The summed E-state index contributed by atoms with van der Waals surface area (Å²) < 4.78 is 13.4. The van der Waals surface area contributed by atoms with E-state index in [1.807, 2.05) is 42.5 Å². The van der Waals surface area contributed by atoms with Gasteiger partial charge in [0.05, 0.1) is 29.4 Å². The number of nitrogens with zero attached hydrogens (tertiary/aromatic N) is 4. The van der Waals surface area contributed by atoms with Crippen molar-refractivity contribution in [3.63, 3.8) is 0 Å². The lowest BCUT2D eigenvalue weighted by Gasteiger charge is -2.15. The predicted octanol–water partition coefficient (Wildman–Crippen LogP) is 4.12. The number of hydrazine groups is 2. The van der Waals surface area contributed by atoms with Gasteiger partial charge in [0.15, 0.2) is 0 Å². The van der Waals surface area contributed by atoms with Gasteiger partial charge in [0.25, 0.3) is 0 Å². The van der Waals surface area contributed by atoms with Gasteiger partial charge in [0, 0.05) is 23.2 Å². The summed E-state index contributed by atoms with van der Waals surface area (Å²) in [7, 11) is 0. The van der Waals surface area contributed by atoms with Crippen LogP contribution in [0.1, 0.15) is 38.3 Å². The summed E-state index contributed by atoms with van der Waals surface area (Å²) in [6, 6.07) is 16.1. The number of nitriles is 1. The molecule has 0 saturated heterocycles. The Bertz CT molecular complexity index is 1300. The molecule has 5 rings (SSSR count). The molecule has 1 aromatic heterocycles. The van der Waals surface area contributed by atoms with Crippen molar-refractivity contribution in [2.45, 2.75) is 38.8 Å². The highest BCUT2D eigenvalue weighted by atomic mass is 16.6. The van der Waals surface area contributed by atoms with Gasteiger partial charge in [0.1, 0.15) is 24.8 Å². The standard InChI is InChI=1S/C25H27N7O3/c1-16(2)35-25(33)29-18-5-3-17(4-6-18)24-22(14-26)21-10-9-20(13-23(21)32(24)19-7-8-19)34-12-11-31-28-15-27-30-31/h3-6,9-10,13,15-16,19,30H,7-8,11-12H2,1-2H3,(H,27,28)(H,29,33). The molecular formula is C25H27N7O3. The molecule has 1 saturated carbocycles. The first-order chi connectivity index (χ1) is 17.0. The van der Waals surface area contributed by atoms with E-state index in [2.05, 4.69) is 32.0 Å². The van der Waals surface area contributed by atoms with Crippen molar-refractivity contribution in [3.05, 3.63) is 48.0 Å². The van der Waals surface area contributed by atoms with Crippen LogP contribution in [-0.2, 0) is 4.74 Å². The molecule has 1 aliphatic heterocycles. The number of carbonyl (C=O) groups excluding carboxylic acids is 1. The molecule has 1 amide bonds. The van der Waals surface area contributed by atoms with Gasteiger partial charge in [-0.25, -0.2) is 10.3 Å². The summed E-state index contributed by atoms with van der Waals surface area (Å²) in [5, 5.41) is 19.3. The fourth-order valence-corrected chi connectivity index (χ4v) is 4.16. The summed E-state index contributed by atoms with van der Waals surface area (Å²) in [6.45, 7) is 4.67. The number of amides is 1. The van der Waals surface area contributed by atoms with E-state index in [0.717, 1.165) is 40.8 Å².